The number of halogens is 1. The van der Waals surface area contributed by atoms with Gasteiger partial charge in [-0.05, 0) is 50.0 Å². The maximum absolute atomic E-state index is 13.0. The summed E-state index contributed by atoms with van der Waals surface area (Å²) >= 11 is 0. The molecule has 0 heterocycles. The molecule has 100 valence electrons. The molecule has 3 nitrogen and oxygen atoms in total. The van der Waals surface area contributed by atoms with Crippen LogP contribution in [0.1, 0.15) is 24.0 Å². The van der Waals surface area contributed by atoms with E-state index in [1.165, 1.54) is 13.2 Å². The zero-order chi connectivity index (χ0) is 13.4. The highest BCUT2D eigenvalue weighted by Crippen LogP contribution is 2.09. The van der Waals surface area contributed by atoms with Crippen molar-refractivity contribution in [3.8, 4) is 0 Å². The number of nitrogens with one attached hydrogen (secondary N) is 1. The Balaban J connectivity index is 2.14. The highest BCUT2D eigenvalue weighted by molar-refractivity contribution is 5.69. The van der Waals surface area contributed by atoms with E-state index in [2.05, 4.69) is 10.1 Å². The number of benzene rings is 1. The molecule has 0 radical (unpaired) electrons. The lowest BCUT2D eigenvalue weighted by Crippen LogP contribution is -2.19. The summed E-state index contributed by atoms with van der Waals surface area (Å²) in [6.45, 7) is 3.38. The Bertz CT molecular complexity index is 393. The van der Waals surface area contributed by atoms with Crippen LogP contribution in [0.15, 0.2) is 18.2 Å². The zero-order valence-corrected chi connectivity index (χ0v) is 11.0. The fourth-order valence-corrected chi connectivity index (χ4v) is 1.68. The number of esters is 1. The van der Waals surface area contributed by atoms with Gasteiger partial charge in [-0.25, -0.2) is 4.39 Å². The number of rotatable bonds is 7. The molecule has 0 aliphatic rings. The van der Waals surface area contributed by atoms with Crippen LogP contribution in [0, 0.1) is 12.7 Å². The summed E-state index contributed by atoms with van der Waals surface area (Å²) in [5.74, 6) is -0.337. The minimum atomic E-state index is -0.175. The molecule has 1 rings (SSSR count). The van der Waals surface area contributed by atoms with E-state index < -0.39 is 0 Å². The molecule has 0 atom stereocenters. The van der Waals surface area contributed by atoms with Gasteiger partial charge in [-0.3, -0.25) is 4.79 Å². The Labute approximate surface area is 107 Å². The van der Waals surface area contributed by atoms with Crippen molar-refractivity contribution in [3.63, 3.8) is 0 Å². The number of methoxy groups -OCH3 is 1. The fourth-order valence-electron chi connectivity index (χ4n) is 1.68. The highest BCUT2D eigenvalue weighted by Gasteiger charge is 2.00. The van der Waals surface area contributed by atoms with Gasteiger partial charge < -0.3 is 10.1 Å². The van der Waals surface area contributed by atoms with Crippen LogP contribution >= 0.6 is 0 Å². The molecule has 1 aromatic carbocycles. The molecule has 0 saturated heterocycles. The summed E-state index contributed by atoms with van der Waals surface area (Å²) < 4.78 is 17.6. The predicted molar refractivity (Wildman–Crippen MR) is 69.0 cm³/mol. The standard InChI is InChI=1S/C14H20FNO2/c1-11-10-12(5-6-13(11)15)7-9-16-8-3-4-14(17)18-2/h5-6,10,16H,3-4,7-9H2,1-2H3. The predicted octanol–water partition coefficient (Wildman–Crippen LogP) is 2.22. The van der Waals surface area contributed by atoms with Crippen LogP contribution < -0.4 is 5.32 Å². The number of hydrogen-bond acceptors (Lipinski definition) is 3. The summed E-state index contributed by atoms with van der Waals surface area (Å²) in [6.07, 6.45) is 2.08. The van der Waals surface area contributed by atoms with Crippen molar-refractivity contribution in [2.75, 3.05) is 20.2 Å². The third kappa shape index (κ3) is 5.27. The van der Waals surface area contributed by atoms with Gasteiger partial charge in [0, 0.05) is 6.42 Å². The number of ether oxygens (including phenoxy) is 1. The summed E-state index contributed by atoms with van der Waals surface area (Å²) in [4.78, 5) is 10.8. The summed E-state index contributed by atoms with van der Waals surface area (Å²) in [6, 6.07) is 5.17. The molecule has 1 N–H and O–H groups in total. The van der Waals surface area contributed by atoms with Crippen LogP contribution in [0.5, 0.6) is 0 Å². The largest absolute Gasteiger partial charge is 0.469 e. The van der Waals surface area contributed by atoms with Crippen molar-refractivity contribution in [1.82, 2.24) is 5.32 Å². The van der Waals surface area contributed by atoms with Crippen LogP contribution in [0.4, 0.5) is 4.39 Å². The summed E-state index contributed by atoms with van der Waals surface area (Å²) in [5, 5.41) is 3.25. The average molecular weight is 253 g/mol. The lowest BCUT2D eigenvalue weighted by Gasteiger charge is -2.05. The van der Waals surface area contributed by atoms with Crippen LogP contribution in [0.3, 0.4) is 0 Å². The molecule has 0 aromatic heterocycles. The molecule has 0 amide bonds. The lowest BCUT2D eigenvalue weighted by atomic mass is 10.1. The average Bonchev–Trinajstić information content (AvgIpc) is 2.37. The molecule has 0 saturated carbocycles. The summed E-state index contributed by atoms with van der Waals surface area (Å²) in [5.41, 5.74) is 1.80. The van der Waals surface area contributed by atoms with E-state index in [4.69, 9.17) is 0 Å². The van der Waals surface area contributed by atoms with E-state index in [-0.39, 0.29) is 11.8 Å². The lowest BCUT2D eigenvalue weighted by molar-refractivity contribution is -0.140. The van der Waals surface area contributed by atoms with Gasteiger partial charge in [0.15, 0.2) is 0 Å². The molecule has 0 fully saturated rings. The van der Waals surface area contributed by atoms with Crippen molar-refractivity contribution in [1.29, 1.82) is 0 Å². The zero-order valence-electron chi connectivity index (χ0n) is 11.0. The van der Waals surface area contributed by atoms with Gasteiger partial charge in [0.1, 0.15) is 5.82 Å². The Morgan fingerprint density at radius 2 is 2.17 bits per heavy atom. The number of carbonyl (C=O) groups is 1. The van der Waals surface area contributed by atoms with Crippen molar-refractivity contribution < 1.29 is 13.9 Å². The van der Waals surface area contributed by atoms with Crippen molar-refractivity contribution in [2.24, 2.45) is 0 Å². The third-order valence-corrected chi connectivity index (χ3v) is 2.77. The molecule has 18 heavy (non-hydrogen) atoms. The second-order valence-electron chi connectivity index (χ2n) is 4.26. The minimum Gasteiger partial charge on any atom is -0.469 e. The van der Waals surface area contributed by atoms with Crippen molar-refractivity contribution in [3.05, 3.63) is 35.1 Å². The molecule has 0 bridgehead atoms. The Morgan fingerprint density at radius 1 is 1.39 bits per heavy atom. The quantitative estimate of drug-likeness (QED) is 0.598. The van der Waals surface area contributed by atoms with Gasteiger partial charge >= 0.3 is 5.97 Å². The normalized spacial score (nSPS) is 10.4. The van der Waals surface area contributed by atoms with Crippen LogP contribution in [-0.4, -0.2) is 26.2 Å². The van der Waals surface area contributed by atoms with Gasteiger partial charge in [0.2, 0.25) is 0 Å². The van der Waals surface area contributed by atoms with Crippen molar-refractivity contribution in [2.45, 2.75) is 26.2 Å². The van der Waals surface area contributed by atoms with Gasteiger partial charge in [0.05, 0.1) is 7.11 Å². The molecular formula is C14H20FNO2. The maximum atomic E-state index is 13.0. The SMILES string of the molecule is COC(=O)CCCNCCc1ccc(F)c(C)c1. The Kier molecular flexibility index (Phi) is 6.36. The minimum absolute atomic E-state index is 0.162. The first-order valence-corrected chi connectivity index (χ1v) is 6.16. The van der Waals surface area contributed by atoms with Crippen LogP contribution in [0.2, 0.25) is 0 Å². The highest BCUT2D eigenvalue weighted by atomic mass is 19.1. The third-order valence-electron chi connectivity index (χ3n) is 2.77. The molecule has 4 heteroatoms. The molecule has 1 aromatic rings. The maximum Gasteiger partial charge on any atom is 0.305 e. The van der Waals surface area contributed by atoms with Gasteiger partial charge in [-0.2, -0.15) is 0 Å². The summed E-state index contributed by atoms with van der Waals surface area (Å²) in [7, 11) is 1.40. The van der Waals surface area contributed by atoms with Gasteiger partial charge in [-0.15, -0.1) is 0 Å². The van der Waals surface area contributed by atoms with E-state index in [1.54, 1.807) is 13.0 Å². The number of hydrogen-bond donors (Lipinski definition) is 1. The topological polar surface area (TPSA) is 38.3 Å². The van der Waals surface area contributed by atoms with Gasteiger partial charge in [0.25, 0.3) is 0 Å². The first-order valence-electron chi connectivity index (χ1n) is 6.16. The molecule has 0 aliphatic heterocycles. The Morgan fingerprint density at radius 3 is 2.83 bits per heavy atom. The van der Waals surface area contributed by atoms with E-state index in [0.29, 0.717) is 12.0 Å². The van der Waals surface area contributed by atoms with E-state index >= 15 is 0 Å². The van der Waals surface area contributed by atoms with Crippen LogP contribution in [0.25, 0.3) is 0 Å². The van der Waals surface area contributed by atoms with Crippen LogP contribution in [-0.2, 0) is 16.0 Å². The smallest absolute Gasteiger partial charge is 0.305 e. The van der Waals surface area contributed by atoms with E-state index in [9.17, 15) is 9.18 Å². The molecular weight excluding hydrogens is 233 g/mol. The monoisotopic (exact) mass is 253 g/mol. The molecule has 0 spiro atoms. The van der Waals surface area contributed by atoms with E-state index in [1.807, 2.05) is 6.07 Å². The number of carbonyl (C=O) groups excluding carboxylic acids is 1. The first kappa shape index (κ1) is 14.6. The molecule has 0 unspecified atom stereocenters. The Hall–Kier alpha value is -1.42. The van der Waals surface area contributed by atoms with Crippen molar-refractivity contribution >= 4 is 5.97 Å². The van der Waals surface area contributed by atoms with E-state index in [0.717, 1.165) is 31.5 Å². The number of aryl methyl sites for hydroxylation is 1. The first-order chi connectivity index (χ1) is 8.63. The second-order valence-corrected chi connectivity index (χ2v) is 4.26. The van der Waals surface area contributed by atoms with Gasteiger partial charge in [-0.1, -0.05) is 12.1 Å². The second kappa shape index (κ2) is 7.82. The fraction of sp³-hybridized carbons (Fsp3) is 0.500. The molecule has 0 aliphatic carbocycles.